The van der Waals surface area contributed by atoms with E-state index in [2.05, 4.69) is 10.6 Å². The molecule has 0 spiro atoms. The van der Waals surface area contributed by atoms with Crippen LogP contribution in [0.5, 0.6) is 0 Å². The number of amides is 1. The van der Waals surface area contributed by atoms with Crippen LogP contribution in [-0.4, -0.2) is 130 Å². The molecule has 0 aromatic heterocycles. The highest BCUT2D eigenvalue weighted by Gasteiger charge is 1.95. The lowest BCUT2D eigenvalue weighted by molar-refractivity contribution is -0.00124. The second-order valence-corrected chi connectivity index (χ2v) is 6.41. The van der Waals surface area contributed by atoms with Crippen molar-refractivity contribution in [2.24, 2.45) is 5.73 Å². The second kappa shape index (κ2) is 27.9. The predicted molar refractivity (Wildman–Crippen MR) is 118 cm³/mol. The van der Waals surface area contributed by atoms with Crippen molar-refractivity contribution in [3.05, 3.63) is 0 Å². The van der Waals surface area contributed by atoms with E-state index in [-0.39, 0.29) is 6.54 Å². The summed E-state index contributed by atoms with van der Waals surface area (Å²) in [4.78, 5) is 10.2. The first-order valence-corrected chi connectivity index (χ1v) is 11.2. The highest BCUT2D eigenvalue weighted by molar-refractivity contribution is 5.64. The van der Waals surface area contributed by atoms with Crippen LogP contribution in [0, 0.1) is 0 Å². The van der Waals surface area contributed by atoms with Crippen LogP contribution in [0.1, 0.15) is 6.42 Å². The molecule has 5 N–H and O–H groups in total. The zero-order chi connectivity index (χ0) is 23.4. The van der Waals surface area contributed by atoms with Gasteiger partial charge in [-0.2, -0.15) is 0 Å². The van der Waals surface area contributed by atoms with Crippen molar-refractivity contribution in [2.75, 3.05) is 119 Å². The molecule has 0 aromatic carbocycles. The van der Waals surface area contributed by atoms with Crippen LogP contribution in [0.4, 0.5) is 4.79 Å². The quantitative estimate of drug-likeness (QED) is 0.113. The van der Waals surface area contributed by atoms with Crippen LogP contribution in [0.15, 0.2) is 0 Å². The van der Waals surface area contributed by atoms with Gasteiger partial charge in [0.05, 0.1) is 85.9 Å². The van der Waals surface area contributed by atoms with E-state index in [0.717, 1.165) is 19.5 Å². The van der Waals surface area contributed by atoms with Crippen LogP contribution in [0.3, 0.4) is 0 Å². The minimum Gasteiger partial charge on any atom is -0.465 e. The fourth-order valence-corrected chi connectivity index (χ4v) is 2.19. The summed E-state index contributed by atoms with van der Waals surface area (Å²) >= 11 is 0. The standard InChI is InChI=1S/C20H43N3O9/c21-2-7-27-11-15-31-19-18-30-14-10-26-6-1-3-22-4-8-28-12-16-32-17-13-29-9-5-23-20(24)25/h22-23H,1-19,21H2,(H,24,25). The molecule has 0 heterocycles. The summed E-state index contributed by atoms with van der Waals surface area (Å²) in [7, 11) is 0. The third-order valence-electron chi connectivity index (χ3n) is 3.71. The molecule has 0 bridgehead atoms. The van der Waals surface area contributed by atoms with Crippen LogP contribution in [0.25, 0.3) is 0 Å². The normalized spacial score (nSPS) is 11.2. The average molecular weight is 470 g/mol. The Labute approximate surface area is 191 Å². The number of carboxylic acid groups (broad SMARTS) is 1. The van der Waals surface area contributed by atoms with E-state index in [1.54, 1.807) is 0 Å². The van der Waals surface area contributed by atoms with Crippen LogP contribution in [-0.2, 0) is 33.2 Å². The maximum absolute atomic E-state index is 10.2. The summed E-state index contributed by atoms with van der Waals surface area (Å²) in [6.07, 6.45) is -0.123. The molecular formula is C20H43N3O9. The first-order valence-electron chi connectivity index (χ1n) is 11.2. The molecule has 12 heteroatoms. The van der Waals surface area contributed by atoms with Gasteiger partial charge in [-0.3, -0.25) is 0 Å². The van der Waals surface area contributed by atoms with Crippen LogP contribution < -0.4 is 16.4 Å². The van der Waals surface area contributed by atoms with Gasteiger partial charge in [-0.15, -0.1) is 0 Å². The lowest BCUT2D eigenvalue weighted by Gasteiger charge is -2.08. The number of nitrogens with two attached hydrogens (primary N) is 1. The second-order valence-electron chi connectivity index (χ2n) is 6.41. The van der Waals surface area contributed by atoms with E-state index in [9.17, 15) is 4.79 Å². The molecule has 1 amide bonds. The molecule has 192 valence electrons. The first kappa shape index (κ1) is 30.9. The van der Waals surface area contributed by atoms with Crippen molar-refractivity contribution in [2.45, 2.75) is 6.42 Å². The van der Waals surface area contributed by atoms with Gasteiger partial charge in [-0.25, -0.2) is 4.79 Å². The van der Waals surface area contributed by atoms with Gasteiger partial charge in [-0.05, 0) is 13.0 Å². The van der Waals surface area contributed by atoms with Crippen molar-refractivity contribution < 1.29 is 43.1 Å². The smallest absolute Gasteiger partial charge is 0.404 e. The number of nitrogens with one attached hydrogen (secondary N) is 2. The molecule has 0 aliphatic carbocycles. The minimum absolute atomic E-state index is 0.273. The number of hydrogen-bond acceptors (Lipinski definition) is 10. The van der Waals surface area contributed by atoms with E-state index < -0.39 is 6.09 Å². The van der Waals surface area contributed by atoms with E-state index in [1.165, 1.54) is 0 Å². The van der Waals surface area contributed by atoms with E-state index in [0.29, 0.717) is 99.0 Å². The molecular weight excluding hydrogens is 426 g/mol. The summed E-state index contributed by atoms with van der Waals surface area (Å²) in [5.74, 6) is 0. The Hall–Kier alpha value is -1.09. The van der Waals surface area contributed by atoms with E-state index in [4.69, 9.17) is 44.0 Å². The van der Waals surface area contributed by atoms with Crippen molar-refractivity contribution in [1.82, 2.24) is 10.6 Å². The number of hydrogen-bond donors (Lipinski definition) is 4. The fourth-order valence-electron chi connectivity index (χ4n) is 2.19. The molecule has 12 nitrogen and oxygen atoms in total. The Kier molecular flexibility index (Phi) is 27.0. The lowest BCUT2D eigenvalue weighted by Crippen LogP contribution is -2.25. The summed E-state index contributed by atoms with van der Waals surface area (Å²) in [5.41, 5.74) is 5.31. The third kappa shape index (κ3) is 28.9. The Morgan fingerprint density at radius 2 is 0.969 bits per heavy atom. The molecule has 32 heavy (non-hydrogen) atoms. The molecule has 0 aliphatic rings. The molecule has 0 radical (unpaired) electrons. The SMILES string of the molecule is NCCOCCOCCOCCOCCCNCCOCCOCCOCCNC(=O)O. The van der Waals surface area contributed by atoms with Crippen LogP contribution >= 0.6 is 0 Å². The number of carbonyl (C=O) groups is 1. The fraction of sp³-hybridized carbons (Fsp3) is 0.950. The Bertz CT molecular complexity index is 382. The number of rotatable bonds is 27. The molecule has 0 atom stereocenters. The molecule has 0 rings (SSSR count). The van der Waals surface area contributed by atoms with Gasteiger partial charge < -0.3 is 54.6 Å². The molecule has 0 saturated heterocycles. The number of ether oxygens (including phenoxy) is 7. The zero-order valence-corrected chi connectivity index (χ0v) is 19.2. The topological polar surface area (TPSA) is 152 Å². The summed E-state index contributed by atoms with van der Waals surface area (Å²) in [6.45, 7) is 9.91. The van der Waals surface area contributed by atoms with Gasteiger partial charge in [0.15, 0.2) is 0 Å². The van der Waals surface area contributed by atoms with E-state index >= 15 is 0 Å². The first-order chi connectivity index (χ1) is 15.8. The Morgan fingerprint density at radius 3 is 1.44 bits per heavy atom. The average Bonchev–Trinajstić information content (AvgIpc) is 2.78. The predicted octanol–water partition coefficient (Wildman–Crippen LogP) is -0.691. The Balaban J connectivity index is 3.00. The molecule has 0 aliphatic heterocycles. The zero-order valence-electron chi connectivity index (χ0n) is 19.2. The molecule has 0 unspecified atom stereocenters. The summed E-state index contributed by atoms with van der Waals surface area (Å²) in [6, 6.07) is 0. The van der Waals surface area contributed by atoms with Gasteiger partial charge in [0.2, 0.25) is 0 Å². The maximum Gasteiger partial charge on any atom is 0.404 e. The summed E-state index contributed by atoms with van der Waals surface area (Å²) in [5, 5.41) is 13.9. The van der Waals surface area contributed by atoms with Crippen molar-refractivity contribution in [1.29, 1.82) is 0 Å². The lowest BCUT2D eigenvalue weighted by atomic mass is 10.4. The third-order valence-corrected chi connectivity index (χ3v) is 3.71. The van der Waals surface area contributed by atoms with Gasteiger partial charge in [0.1, 0.15) is 0 Å². The van der Waals surface area contributed by atoms with Gasteiger partial charge in [0, 0.05) is 26.2 Å². The highest BCUT2D eigenvalue weighted by Crippen LogP contribution is 1.85. The highest BCUT2D eigenvalue weighted by atomic mass is 16.6. The van der Waals surface area contributed by atoms with Crippen molar-refractivity contribution in [3.8, 4) is 0 Å². The van der Waals surface area contributed by atoms with Crippen LogP contribution in [0.2, 0.25) is 0 Å². The Morgan fingerprint density at radius 1 is 0.562 bits per heavy atom. The van der Waals surface area contributed by atoms with Gasteiger partial charge in [-0.1, -0.05) is 0 Å². The molecule has 0 fully saturated rings. The van der Waals surface area contributed by atoms with Crippen molar-refractivity contribution >= 4 is 6.09 Å². The monoisotopic (exact) mass is 469 g/mol. The summed E-state index contributed by atoms with van der Waals surface area (Å²) < 4.78 is 37.5. The van der Waals surface area contributed by atoms with Crippen molar-refractivity contribution in [3.63, 3.8) is 0 Å². The maximum atomic E-state index is 10.2. The molecule has 0 aromatic rings. The molecule has 0 saturated carbocycles. The minimum atomic E-state index is -1.05. The van der Waals surface area contributed by atoms with E-state index in [1.807, 2.05) is 0 Å². The largest absolute Gasteiger partial charge is 0.465 e. The van der Waals surface area contributed by atoms with Gasteiger partial charge in [0.25, 0.3) is 0 Å². The van der Waals surface area contributed by atoms with Gasteiger partial charge >= 0.3 is 6.09 Å².